The van der Waals surface area contributed by atoms with Gasteiger partial charge in [0.2, 0.25) is 11.0 Å². The van der Waals surface area contributed by atoms with E-state index in [1.807, 2.05) is 18.2 Å². The Hall–Kier alpha value is -1.28. The fourth-order valence-electron chi connectivity index (χ4n) is 3.31. The lowest BCUT2D eigenvalue weighted by atomic mass is 10.2. The first kappa shape index (κ1) is 18.5. The van der Waals surface area contributed by atoms with Crippen LogP contribution < -0.4 is 16.0 Å². The van der Waals surface area contributed by atoms with Crippen LogP contribution in [0.25, 0.3) is 0 Å². The molecule has 1 fully saturated rings. The third-order valence-electron chi connectivity index (χ3n) is 4.24. The predicted molar refractivity (Wildman–Crippen MR) is 101 cm³/mol. The normalized spacial score (nSPS) is 26.3. The second-order valence-electron chi connectivity index (χ2n) is 7.11. The molecule has 1 aromatic rings. The van der Waals surface area contributed by atoms with Crippen molar-refractivity contribution in [2.24, 2.45) is 5.92 Å². The zero-order valence-electron chi connectivity index (χ0n) is 15.2. The summed E-state index contributed by atoms with van der Waals surface area (Å²) in [5, 5.41) is 9.19. The summed E-state index contributed by atoms with van der Waals surface area (Å²) in [4.78, 5) is 15.3. The van der Waals surface area contributed by atoms with Crippen LogP contribution in [0.15, 0.2) is 29.2 Å². The molecule has 0 saturated carbocycles. The molecule has 2 unspecified atom stereocenters. The molecule has 1 amide bonds. The summed E-state index contributed by atoms with van der Waals surface area (Å²) < 4.78 is 5.92. The fourth-order valence-corrected chi connectivity index (χ4v) is 4.53. The van der Waals surface area contributed by atoms with E-state index in [2.05, 4.69) is 40.8 Å². The predicted octanol–water partition coefficient (Wildman–Crippen LogP) is 1.90. The van der Waals surface area contributed by atoms with Crippen LogP contribution in [-0.4, -0.2) is 54.8 Å². The van der Waals surface area contributed by atoms with Crippen molar-refractivity contribution < 1.29 is 9.53 Å². The van der Waals surface area contributed by atoms with Gasteiger partial charge in [0.15, 0.2) is 0 Å². The second kappa shape index (κ2) is 7.95. The van der Waals surface area contributed by atoms with Gasteiger partial charge in [-0.1, -0.05) is 37.7 Å². The average Bonchev–Trinajstić information content (AvgIpc) is 2.90. The SMILES string of the molecule is CC(=O)NC1(NCC2CN(CC(C)C)CCO2)Nc2ccccc2S1. The lowest BCUT2D eigenvalue weighted by molar-refractivity contribution is -0.120. The highest BCUT2D eigenvalue weighted by atomic mass is 32.2. The number of anilines is 1. The molecular formula is C18H28N4O2S. The highest BCUT2D eigenvalue weighted by molar-refractivity contribution is 8.01. The van der Waals surface area contributed by atoms with Gasteiger partial charge in [0.05, 0.1) is 18.4 Å². The van der Waals surface area contributed by atoms with Gasteiger partial charge >= 0.3 is 0 Å². The molecular weight excluding hydrogens is 336 g/mol. The molecule has 2 atom stereocenters. The van der Waals surface area contributed by atoms with Crippen molar-refractivity contribution in [1.29, 1.82) is 0 Å². The maximum Gasteiger partial charge on any atom is 0.221 e. The number of ether oxygens (including phenoxy) is 1. The van der Waals surface area contributed by atoms with E-state index in [4.69, 9.17) is 4.74 Å². The first-order chi connectivity index (χ1) is 12.0. The van der Waals surface area contributed by atoms with Crippen molar-refractivity contribution in [2.75, 3.05) is 38.1 Å². The largest absolute Gasteiger partial charge is 0.374 e. The second-order valence-corrected chi connectivity index (χ2v) is 8.37. The molecule has 2 heterocycles. The summed E-state index contributed by atoms with van der Waals surface area (Å²) >= 11 is 1.59. The molecule has 0 aliphatic carbocycles. The van der Waals surface area contributed by atoms with Gasteiger partial charge in [-0.25, -0.2) is 0 Å². The summed E-state index contributed by atoms with van der Waals surface area (Å²) in [7, 11) is 0. The first-order valence-electron chi connectivity index (χ1n) is 8.90. The Morgan fingerprint density at radius 3 is 3.00 bits per heavy atom. The zero-order chi connectivity index (χ0) is 17.9. The Morgan fingerprint density at radius 1 is 1.48 bits per heavy atom. The van der Waals surface area contributed by atoms with Crippen molar-refractivity contribution in [3.8, 4) is 0 Å². The number of nitrogens with one attached hydrogen (secondary N) is 3. The van der Waals surface area contributed by atoms with E-state index in [0.29, 0.717) is 12.5 Å². The maximum atomic E-state index is 11.7. The summed E-state index contributed by atoms with van der Waals surface area (Å²) in [6.07, 6.45) is 0.115. The highest BCUT2D eigenvalue weighted by Crippen LogP contribution is 2.42. The Balaban J connectivity index is 1.61. The molecule has 25 heavy (non-hydrogen) atoms. The average molecular weight is 365 g/mol. The van der Waals surface area contributed by atoms with Crippen LogP contribution in [0, 0.1) is 5.92 Å². The Kier molecular flexibility index (Phi) is 5.89. The van der Waals surface area contributed by atoms with Crippen LogP contribution in [0.4, 0.5) is 5.69 Å². The number of carbonyl (C=O) groups excluding carboxylic acids is 1. The Bertz CT molecular complexity index is 585. The number of hydrogen-bond acceptors (Lipinski definition) is 6. The molecule has 0 spiro atoms. The number of nitrogens with zero attached hydrogens (tertiary/aromatic N) is 1. The molecule has 6 nitrogen and oxygen atoms in total. The summed E-state index contributed by atoms with van der Waals surface area (Å²) in [5.41, 5.74) is 1.03. The number of carbonyl (C=O) groups is 1. The van der Waals surface area contributed by atoms with E-state index in [-0.39, 0.29) is 12.0 Å². The number of fused-ring (bicyclic) bond motifs is 1. The van der Waals surface area contributed by atoms with E-state index in [1.54, 1.807) is 11.8 Å². The summed E-state index contributed by atoms with van der Waals surface area (Å²) in [5.74, 6) is 0.574. The van der Waals surface area contributed by atoms with Crippen molar-refractivity contribution in [1.82, 2.24) is 15.5 Å². The van der Waals surface area contributed by atoms with Crippen molar-refractivity contribution in [3.63, 3.8) is 0 Å². The smallest absolute Gasteiger partial charge is 0.221 e. The minimum atomic E-state index is -0.723. The van der Waals surface area contributed by atoms with E-state index < -0.39 is 5.12 Å². The lowest BCUT2D eigenvalue weighted by Gasteiger charge is -2.37. The molecule has 0 bridgehead atoms. The van der Waals surface area contributed by atoms with E-state index in [1.165, 1.54) is 6.92 Å². The lowest BCUT2D eigenvalue weighted by Crippen LogP contribution is -2.62. The number of thioether (sulfide) groups is 1. The van der Waals surface area contributed by atoms with Gasteiger partial charge < -0.3 is 15.4 Å². The van der Waals surface area contributed by atoms with Crippen molar-refractivity contribution in [3.05, 3.63) is 24.3 Å². The topological polar surface area (TPSA) is 65.6 Å². The molecule has 2 aliphatic rings. The van der Waals surface area contributed by atoms with Gasteiger partial charge in [-0.05, 0) is 18.1 Å². The molecule has 3 rings (SSSR count). The number of rotatable bonds is 6. The van der Waals surface area contributed by atoms with Gasteiger partial charge in [-0.15, -0.1) is 0 Å². The monoisotopic (exact) mass is 364 g/mol. The molecule has 0 aromatic heterocycles. The maximum absolute atomic E-state index is 11.7. The van der Waals surface area contributed by atoms with Gasteiger partial charge in [-0.2, -0.15) is 0 Å². The van der Waals surface area contributed by atoms with E-state index in [9.17, 15) is 4.79 Å². The Morgan fingerprint density at radius 2 is 2.28 bits per heavy atom. The standard InChI is InChI=1S/C18H28N4O2S/c1-13(2)11-22-8-9-24-15(12-22)10-19-18(20-14(3)23)21-16-6-4-5-7-17(16)25-18/h4-7,13,15,19,21H,8-12H2,1-3H3,(H,20,23). The van der Waals surface area contributed by atoms with Gasteiger partial charge in [0.25, 0.3) is 0 Å². The van der Waals surface area contributed by atoms with Crippen LogP contribution in [-0.2, 0) is 9.53 Å². The third kappa shape index (κ3) is 4.88. The van der Waals surface area contributed by atoms with Crippen molar-refractivity contribution in [2.45, 2.75) is 36.9 Å². The van der Waals surface area contributed by atoms with E-state index >= 15 is 0 Å². The number of benzene rings is 1. The molecule has 7 heteroatoms. The minimum absolute atomic E-state index is 0.0775. The number of morpholine rings is 1. The van der Waals surface area contributed by atoms with Crippen LogP contribution >= 0.6 is 11.8 Å². The molecule has 1 saturated heterocycles. The first-order valence-corrected chi connectivity index (χ1v) is 9.71. The molecule has 1 aromatic carbocycles. The van der Waals surface area contributed by atoms with E-state index in [0.717, 1.165) is 36.8 Å². The highest BCUT2D eigenvalue weighted by Gasteiger charge is 2.39. The van der Waals surface area contributed by atoms with Crippen LogP contribution in [0.3, 0.4) is 0 Å². The molecule has 138 valence electrons. The minimum Gasteiger partial charge on any atom is -0.374 e. The zero-order valence-corrected chi connectivity index (χ0v) is 16.0. The molecule has 3 N–H and O–H groups in total. The fraction of sp³-hybridized carbons (Fsp3) is 0.611. The molecule has 0 radical (unpaired) electrons. The van der Waals surface area contributed by atoms with Crippen LogP contribution in [0.5, 0.6) is 0 Å². The number of para-hydroxylation sites is 1. The van der Waals surface area contributed by atoms with Crippen LogP contribution in [0.1, 0.15) is 20.8 Å². The summed E-state index contributed by atoms with van der Waals surface area (Å²) in [6.45, 7) is 10.4. The van der Waals surface area contributed by atoms with Gasteiger partial charge in [0.1, 0.15) is 0 Å². The number of hydrogen-bond donors (Lipinski definition) is 3. The number of amides is 1. The Labute approximate surface area is 154 Å². The quantitative estimate of drug-likeness (QED) is 0.670. The van der Waals surface area contributed by atoms with Crippen molar-refractivity contribution >= 4 is 23.4 Å². The van der Waals surface area contributed by atoms with Gasteiger partial charge in [0, 0.05) is 38.0 Å². The van der Waals surface area contributed by atoms with Crippen LogP contribution in [0.2, 0.25) is 0 Å². The summed E-state index contributed by atoms with van der Waals surface area (Å²) in [6, 6.07) is 8.07. The third-order valence-corrected chi connectivity index (χ3v) is 5.47. The molecule has 2 aliphatic heterocycles. The van der Waals surface area contributed by atoms with Gasteiger partial charge in [-0.3, -0.25) is 15.0 Å².